The first-order valence-corrected chi connectivity index (χ1v) is 7.58. The Morgan fingerprint density at radius 1 is 1.22 bits per heavy atom. The first kappa shape index (κ1) is 15.8. The Morgan fingerprint density at radius 3 is 2.65 bits per heavy atom. The van der Waals surface area contributed by atoms with Gasteiger partial charge in [0.1, 0.15) is 16.5 Å². The first-order chi connectivity index (χ1) is 10.8. The van der Waals surface area contributed by atoms with Gasteiger partial charge in [0.05, 0.1) is 10.5 Å². The number of carbonyl (C=O) groups is 1. The molecule has 1 aliphatic heterocycles. The summed E-state index contributed by atoms with van der Waals surface area (Å²) in [4.78, 5) is 12.0. The van der Waals surface area contributed by atoms with Crippen molar-refractivity contribution in [2.75, 3.05) is 0 Å². The number of hydrogen-bond donors (Lipinski definition) is 1. The maximum atomic E-state index is 12.7. The van der Waals surface area contributed by atoms with Crippen LogP contribution in [0.1, 0.15) is 11.3 Å². The highest BCUT2D eigenvalue weighted by Gasteiger charge is 2.30. The van der Waals surface area contributed by atoms with Gasteiger partial charge in [0, 0.05) is 5.56 Å². The minimum atomic E-state index is -4.41. The number of nitrogens with one attached hydrogen (secondary N) is 1. The molecule has 8 heteroatoms. The second-order valence-electron chi connectivity index (χ2n) is 4.63. The number of hydrogen-bond acceptors (Lipinski definition) is 4. The maximum absolute atomic E-state index is 12.7. The number of furan rings is 1. The third-order valence-corrected chi connectivity index (χ3v) is 4.30. The molecule has 0 bridgehead atoms. The summed E-state index contributed by atoms with van der Waals surface area (Å²) >= 11 is 5.93. The Bertz CT molecular complexity index is 824. The van der Waals surface area contributed by atoms with E-state index in [2.05, 4.69) is 5.32 Å². The van der Waals surface area contributed by atoms with Crippen molar-refractivity contribution in [2.24, 2.45) is 0 Å². The van der Waals surface area contributed by atoms with Crippen LogP contribution in [0.3, 0.4) is 0 Å². The molecule has 1 saturated heterocycles. The van der Waals surface area contributed by atoms with Gasteiger partial charge in [-0.15, -0.1) is 0 Å². The number of rotatable bonds is 2. The van der Waals surface area contributed by atoms with Crippen molar-refractivity contribution in [3.05, 3.63) is 52.6 Å². The zero-order chi connectivity index (χ0) is 16.6. The number of thioether (sulfide) groups is 1. The van der Waals surface area contributed by atoms with Crippen molar-refractivity contribution in [1.29, 1.82) is 0 Å². The Kier molecular flexibility index (Phi) is 4.03. The fraction of sp³-hybridized carbons (Fsp3) is 0.0667. The van der Waals surface area contributed by atoms with Crippen molar-refractivity contribution < 1.29 is 22.4 Å². The Balaban J connectivity index is 1.90. The van der Waals surface area contributed by atoms with Crippen molar-refractivity contribution >= 4 is 40.3 Å². The molecule has 2 heterocycles. The average Bonchev–Trinajstić information content (AvgIpc) is 3.06. The lowest BCUT2D eigenvalue weighted by molar-refractivity contribution is -0.137. The summed E-state index contributed by atoms with van der Waals surface area (Å²) < 4.78 is 43.8. The summed E-state index contributed by atoms with van der Waals surface area (Å²) in [5.74, 6) is 0.704. The van der Waals surface area contributed by atoms with Crippen LogP contribution in [0.2, 0.25) is 0 Å². The van der Waals surface area contributed by atoms with Gasteiger partial charge in [-0.3, -0.25) is 4.79 Å². The van der Waals surface area contributed by atoms with Crippen LogP contribution in [0.5, 0.6) is 0 Å². The molecule has 3 rings (SSSR count). The number of alkyl halides is 3. The van der Waals surface area contributed by atoms with Crippen LogP contribution in [0.25, 0.3) is 17.4 Å². The first-order valence-electron chi connectivity index (χ1n) is 6.35. The topological polar surface area (TPSA) is 42.2 Å². The predicted octanol–water partition coefficient (Wildman–Crippen LogP) is 5.09. The summed E-state index contributed by atoms with van der Waals surface area (Å²) in [6.07, 6.45) is -2.84. The van der Waals surface area contributed by atoms with Gasteiger partial charge in [-0.05, 0) is 42.1 Å². The summed E-state index contributed by atoms with van der Waals surface area (Å²) in [5.41, 5.74) is -0.422. The summed E-state index contributed by atoms with van der Waals surface area (Å²) in [5, 5.41) is 2.20. The van der Waals surface area contributed by atoms with Gasteiger partial charge in [-0.25, -0.2) is 0 Å². The number of benzene rings is 1. The van der Waals surface area contributed by atoms with E-state index in [9.17, 15) is 18.0 Å². The molecule has 2 aromatic rings. The Morgan fingerprint density at radius 2 is 2.00 bits per heavy atom. The molecule has 1 aromatic carbocycles. The summed E-state index contributed by atoms with van der Waals surface area (Å²) in [7, 11) is 0. The van der Waals surface area contributed by atoms with E-state index in [1.54, 1.807) is 18.2 Å². The molecular formula is C15H8F3NO2S2. The highest BCUT2D eigenvalue weighted by molar-refractivity contribution is 8.19. The molecule has 23 heavy (non-hydrogen) atoms. The van der Waals surface area contributed by atoms with Gasteiger partial charge in [0.25, 0.3) is 5.24 Å². The largest absolute Gasteiger partial charge is 0.457 e. The number of halogens is 3. The fourth-order valence-corrected chi connectivity index (χ4v) is 3.00. The van der Waals surface area contributed by atoms with Crippen LogP contribution in [-0.2, 0) is 6.18 Å². The monoisotopic (exact) mass is 355 g/mol. The van der Waals surface area contributed by atoms with Crippen LogP contribution < -0.4 is 5.32 Å². The number of amides is 1. The van der Waals surface area contributed by atoms with E-state index in [0.717, 1.165) is 23.9 Å². The minimum Gasteiger partial charge on any atom is -0.457 e. The number of carbonyl (C=O) groups excluding carboxylic acids is 1. The molecule has 0 radical (unpaired) electrons. The van der Waals surface area contributed by atoms with Gasteiger partial charge in [0.2, 0.25) is 0 Å². The summed E-state index contributed by atoms with van der Waals surface area (Å²) in [6, 6.07) is 8.05. The third kappa shape index (κ3) is 3.48. The van der Waals surface area contributed by atoms with Gasteiger partial charge >= 0.3 is 6.18 Å². The zero-order valence-corrected chi connectivity index (χ0v) is 12.9. The predicted molar refractivity (Wildman–Crippen MR) is 85.8 cm³/mol. The second-order valence-corrected chi connectivity index (χ2v) is 6.06. The van der Waals surface area contributed by atoms with Gasteiger partial charge in [-0.1, -0.05) is 24.4 Å². The molecule has 0 saturated carbocycles. The van der Waals surface area contributed by atoms with E-state index in [4.69, 9.17) is 16.6 Å². The lowest BCUT2D eigenvalue weighted by atomic mass is 10.1. The van der Waals surface area contributed by atoms with E-state index in [0.29, 0.717) is 27.0 Å². The van der Waals surface area contributed by atoms with Crippen molar-refractivity contribution in [2.45, 2.75) is 6.18 Å². The Labute approximate surface area is 138 Å². The smallest absolute Gasteiger partial charge is 0.416 e. The molecular weight excluding hydrogens is 347 g/mol. The maximum Gasteiger partial charge on any atom is 0.416 e. The average molecular weight is 355 g/mol. The quantitative estimate of drug-likeness (QED) is 0.602. The molecule has 0 atom stereocenters. The molecule has 1 aliphatic rings. The van der Waals surface area contributed by atoms with Crippen molar-refractivity contribution in [3.8, 4) is 11.3 Å². The highest BCUT2D eigenvalue weighted by Crippen LogP contribution is 2.33. The second kappa shape index (κ2) is 5.86. The molecule has 0 aliphatic carbocycles. The molecule has 0 unspecified atom stereocenters. The van der Waals surface area contributed by atoms with Crippen LogP contribution in [0, 0.1) is 0 Å². The Hall–Kier alpha value is -2.06. The lowest BCUT2D eigenvalue weighted by Crippen LogP contribution is -2.15. The van der Waals surface area contributed by atoms with E-state index >= 15 is 0 Å². The molecule has 1 fully saturated rings. The fourth-order valence-electron chi connectivity index (χ4n) is 1.98. The normalized spacial score (nSPS) is 16.9. The highest BCUT2D eigenvalue weighted by atomic mass is 32.2. The van der Waals surface area contributed by atoms with Gasteiger partial charge < -0.3 is 9.73 Å². The lowest BCUT2D eigenvalue weighted by Gasteiger charge is -2.07. The molecule has 118 valence electrons. The summed E-state index contributed by atoms with van der Waals surface area (Å²) in [6.45, 7) is 0. The van der Waals surface area contributed by atoms with E-state index in [1.165, 1.54) is 12.1 Å². The zero-order valence-electron chi connectivity index (χ0n) is 11.3. The molecule has 1 N–H and O–H groups in total. The van der Waals surface area contributed by atoms with Crippen LogP contribution >= 0.6 is 24.0 Å². The van der Waals surface area contributed by atoms with Crippen molar-refractivity contribution in [3.63, 3.8) is 0 Å². The molecule has 3 nitrogen and oxygen atoms in total. The van der Waals surface area contributed by atoms with Gasteiger partial charge in [0.15, 0.2) is 0 Å². The molecule has 0 spiro atoms. The molecule has 1 amide bonds. The van der Waals surface area contributed by atoms with E-state index in [1.807, 2.05) is 0 Å². The molecule has 1 aromatic heterocycles. The van der Waals surface area contributed by atoms with E-state index in [-0.39, 0.29) is 5.24 Å². The third-order valence-electron chi connectivity index (χ3n) is 3.02. The van der Waals surface area contributed by atoms with Crippen LogP contribution in [-0.4, -0.2) is 10.2 Å². The van der Waals surface area contributed by atoms with Crippen LogP contribution in [0.4, 0.5) is 18.0 Å². The van der Waals surface area contributed by atoms with E-state index < -0.39 is 11.7 Å². The van der Waals surface area contributed by atoms with Crippen LogP contribution in [0.15, 0.2) is 45.7 Å². The van der Waals surface area contributed by atoms with Crippen molar-refractivity contribution in [1.82, 2.24) is 5.32 Å². The number of thiocarbonyl (C=S) groups is 1. The SMILES string of the molecule is O=C1NC(=S)/C(=C/c2ccc(-c3cccc(C(F)(F)F)c3)o2)S1. The standard InChI is InChI=1S/C15H8F3NO2S2/c16-15(17,18)9-3-1-2-8(6-9)11-5-4-10(21-11)7-12-13(22)19-14(20)23-12/h1-7H,(H,19,20,22)/b12-7-. The van der Waals surface area contributed by atoms with Gasteiger partial charge in [-0.2, -0.15) is 13.2 Å². The minimum absolute atomic E-state index is 0.272.